The Balaban J connectivity index is 2.31. The van der Waals surface area contributed by atoms with E-state index in [0.29, 0.717) is 27.4 Å². The molecule has 0 radical (unpaired) electrons. The van der Waals surface area contributed by atoms with Gasteiger partial charge in [0.1, 0.15) is 22.8 Å². The minimum absolute atomic E-state index is 0.623. The van der Waals surface area contributed by atoms with Crippen molar-refractivity contribution in [3.05, 3.63) is 47.2 Å². The zero-order valence-electron chi connectivity index (χ0n) is 11.6. The largest absolute Gasteiger partial charge is 0.496 e. The second kappa shape index (κ2) is 5.54. The lowest BCUT2D eigenvalue weighted by Crippen LogP contribution is -1.90. The number of pyridine rings is 1. The normalized spacial score (nSPS) is 10.6. The molecule has 0 amide bonds. The van der Waals surface area contributed by atoms with Crippen LogP contribution < -0.4 is 9.47 Å². The van der Waals surface area contributed by atoms with E-state index in [1.807, 2.05) is 18.2 Å². The number of hydrogen-bond donors (Lipinski definition) is 0. The summed E-state index contributed by atoms with van der Waals surface area (Å²) in [6, 6.07) is 9.17. The molecule has 2 heterocycles. The van der Waals surface area contributed by atoms with Crippen LogP contribution in [-0.2, 0) is 0 Å². The smallest absolute Gasteiger partial charge is 0.143 e. The molecule has 3 rings (SSSR count). The van der Waals surface area contributed by atoms with Crippen molar-refractivity contribution in [2.45, 2.75) is 0 Å². The molecule has 106 valence electrons. The summed E-state index contributed by atoms with van der Waals surface area (Å²) in [6.07, 6.45) is 3.45. The average molecular weight is 299 g/mol. The maximum atomic E-state index is 5.95. The molecule has 21 heavy (non-hydrogen) atoms. The molecule has 0 saturated carbocycles. The van der Waals surface area contributed by atoms with Gasteiger partial charge in [-0.1, -0.05) is 12.2 Å². The number of methoxy groups -OCH3 is 2. The van der Waals surface area contributed by atoms with Crippen molar-refractivity contribution < 1.29 is 13.9 Å². The SMILES string of the molecule is COc1cc(OC)c2c(=S)cc(-c3cccnc3)oc2c1. The maximum Gasteiger partial charge on any atom is 0.143 e. The molecule has 5 heteroatoms. The van der Waals surface area contributed by atoms with Gasteiger partial charge in [0.05, 0.1) is 24.1 Å². The van der Waals surface area contributed by atoms with Gasteiger partial charge >= 0.3 is 0 Å². The quantitative estimate of drug-likeness (QED) is 0.677. The van der Waals surface area contributed by atoms with Crippen molar-refractivity contribution >= 4 is 23.2 Å². The lowest BCUT2D eigenvalue weighted by Gasteiger charge is -2.09. The molecule has 0 unspecified atom stereocenters. The van der Waals surface area contributed by atoms with Crippen molar-refractivity contribution in [2.75, 3.05) is 14.2 Å². The molecule has 0 N–H and O–H groups in total. The van der Waals surface area contributed by atoms with Crippen molar-refractivity contribution in [2.24, 2.45) is 0 Å². The van der Waals surface area contributed by atoms with Crippen molar-refractivity contribution in [3.8, 4) is 22.8 Å². The zero-order valence-corrected chi connectivity index (χ0v) is 12.4. The first-order valence-corrected chi connectivity index (χ1v) is 6.74. The molecule has 1 aromatic carbocycles. The molecule has 0 saturated heterocycles. The Morgan fingerprint density at radius 1 is 1.14 bits per heavy atom. The third-order valence-electron chi connectivity index (χ3n) is 3.17. The fourth-order valence-corrected chi connectivity index (χ4v) is 2.47. The predicted molar refractivity (Wildman–Crippen MR) is 83.4 cm³/mol. The summed E-state index contributed by atoms with van der Waals surface area (Å²) in [5.74, 6) is 1.95. The molecule has 0 spiro atoms. The van der Waals surface area contributed by atoms with Gasteiger partial charge in [-0.15, -0.1) is 0 Å². The van der Waals surface area contributed by atoms with E-state index in [1.54, 1.807) is 38.7 Å². The number of nitrogens with zero attached hydrogens (tertiary/aromatic N) is 1. The Kier molecular flexibility index (Phi) is 3.58. The Hall–Kier alpha value is -2.40. The van der Waals surface area contributed by atoms with Gasteiger partial charge in [-0.2, -0.15) is 0 Å². The summed E-state index contributed by atoms with van der Waals surface area (Å²) >= 11 is 5.47. The Bertz CT molecular complexity index is 843. The first kappa shape index (κ1) is 13.6. The van der Waals surface area contributed by atoms with Crippen LogP contribution in [0.1, 0.15) is 0 Å². The fourth-order valence-electron chi connectivity index (χ4n) is 2.16. The van der Waals surface area contributed by atoms with Gasteiger partial charge < -0.3 is 13.9 Å². The van der Waals surface area contributed by atoms with Crippen LogP contribution in [-0.4, -0.2) is 19.2 Å². The molecule has 4 nitrogen and oxygen atoms in total. The molecule has 0 bridgehead atoms. The molecular formula is C16H13NO3S. The number of rotatable bonds is 3. The van der Waals surface area contributed by atoms with Crippen molar-refractivity contribution in [3.63, 3.8) is 0 Å². The van der Waals surface area contributed by atoms with Gasteiger partial charge in [0.25, 0.3) is 0 Å². The summed E-state index contributed by atoms with van der Waals surface area (Å²) in [6.45, 7) is 0. The van der Waals surface area contributed by atoms with Crippen LogP contribution in [0.4, 0.5) is 0 Å². The highest BCUT2D eigenvalue weighted by Crippen LogP contribution is 2.34. The number of aromatic nitrogens is 1. The number of benzene rings is 1. The summed E-state index contributed by atoms with van der Waals surface area (Å²) in [5, 5.41) is 0.765. The first-order valence-electron chi connectivity index (χ1n) is 6.33. The maximum absolute atomic E-state index is 5.95. The summed E-state index contributed by atoms with van der Waals surface area (Å²) < 4.78 is 17.2. The van der Waals surface area contributed by atoms with Crippen molar-refractivity contribution in [1.29, 1.82) is 0 Å². The van der Waals surface area contributed by atoms with Gasteiger partial charge in [0.15, 0.2) is 0 Å². The molecule has 0 fully saturated rings. The van der Waals surface area contributed by atoms with E-state index in [9.17, 15) is 0 Å². The molecular weight excluding hydrogens is 286 g/mol. The Morgan fingerprint density at radius 2 is 2.00 bits per heavy atom. The lowest BCUT2D eigenvalue weighted by molar-refractivity contribution is 0.396. The number of ether oxygens (including phenoxy) is 2. The predicted octanol–water partition coefficient (Wildman–Crippen LogP) is 4.24. The Morgan fingerprint density at radius 3 is 2.67 bits per heavy atom. The van der Waals surface area contributed by atoms with Crippen LogP contribution in [0.2, 0.25) is 0 Å². The van der Waals surface area contributed by atoms with E-state index in [4.69, 9.17) is 26.1 Å². The molecule has 0 atom stereocenters. The van der Waals surface area contributed by atoms with E-state index in [0.717, 1.165) is 10.9 Å². The van der Waals surface area contributed by atoms with E-state index >= 15 is 0 Å². The molecule has 2 aromatic heterocycles. The van der Waals surface area contributed by atoms with Crippen LogP contribution in [0.5, 0.6) is 11.5 Å². The van der Waals surface area contributed by atoms with Gasteiger partial charge in [0, 0.05) is 36.2 Å². The summed E-state index contributed by atoms with van der Waals surface area (Å²) in [7, 11) is 3.19. The van der Waals surface area contributed by atoms with E-state index in [-0.39, 0.29) is 0 Å². The second-order valence-corrected chi connectivity index (χ2v) is 4.86. The third kappa shape index (κ3) is 2.48. The monoisotopic (exact) mass is 299 g/mol. The van der Waals surface area contributed by atoms with Gasteiger partial charge in [-0.3, -0.25) is 4.98 Å². The van der Waals surface area contributed by atoms with Gasteiger partial charge in [0.2, 0.25) is 0 Å². The van der Waals surface area contributed by atoms with Gasteiger partial charge in [-0.05, 0) is 12.1 Å². The molecule has 0 aliphatic heterocycles. The average Bonchev–Trinajstić information content (AvgIpc) is 2.54. The van der Waals surface area contributed by atoms with Crippen LogP contribution in [0.15, 0.2) is 47.1 Å². The minimum atomic E-state index is 0.623. The highest BCUT2D eigenvalue weighted by atomic mass is 32.1. The summed E-state index contributed by atoms with van der Waals surface area (Å²) in [5.41, 5.74) is 1.49. The highest BCUT2D eigenvalue weighted by molar-refractivity contribution is 7.71. The zero-order chi connectivity index (χ0) is 14.8. The molecule has 0 aliphatic rings. The van der Waals surface area contributed by atoms with Crippen LogP contribution in [0.25, 0.3) is 22.3 Å². The highest BCUT2D eigenvalue weighted by Gasteiger charge is 2.11. The second-order valence-electron chi connectivity index (χ2n) is 4.42. The lowest BCUT2D eigenvalue weighted by atomic mass is 10.1. The molecule has 3 aromatic rings. The van der Waals surface area contributed by atoms with E-state index < -0.39 is 0 Å². The minimum Gasteiger partial charge on any atom is -0.496 e. The molecule has 0 aliphatic carbocycles. The van der Waals surface area contributed by atoms with Crippen LogP contribution in [0, 0.1) is 4.51 Å². The van der Waals surface area contributed by atoms with E-state index in [2.05, 4.69) is 4.98 Å². The Labute approximate surface area is 127 Å². The van der Waals surface area contributed by atoms with Gasteiger partial charge in [-0.25, -0.2) is 0 Å². The standard InChI is InChI=1S/C16H13NO3S/c1-18-11-6-13(19-2)16-14(7-11)20-12(8-15(16)21)10-4-3-5-17-9-10/h3-9H,1-2H3. The fraction of sp³-hybridized carbons (Fsp3) is 0.125. The van der Waals surface area contributed by atoms with Crippen LogP contribution in [0.3, 0.4) is 0 Å². The third-order valence-corrected chi connectivity index (χ3v) is 3.49. The summed E-state index contributed by atoms with van der Waals surface area (Å²) in [4.78, 5) is 4.09. The first-order chi connectivity index (χ1) is 10.2. The van der Waals surface area contributed by atoms with Crippen LogP contribution >= 0.6 is 12.2 Å². The topological polar surface area (TPSA) is 44.5 Å². The van der Waals surface area contributed by atoms with E-state index in [1.165, 1.54) is 0 Å². The van der Waals surface area contributed by atoms with Crippen molar-refractivity contribution in [1.82, 2.24) is 4.98 Å². The number of fused-ring (bicyclic) bond motifs is 1. The number of hydrogen-bond acceptors (Lipinski definition) is 5.